The lowest BCUT2D eigenvalue weighted by atomic mass is 10.3. The van der Waals surface area contributed by atoms with Gasteiger partial charge in [-0.05, 0) is 12.8 Å². The maximum atomic E-state index is 10.7. The molecular weight excluding hydrogens is 180 g/mol. The molecule has 72 valence electrons. The molecule has 1 rings (SSSR count). The van der Waals surface area contributed by atoms with E-state index in [0.29, 0.717) is 5.69 Å². The molecule has 0 aliphatic carbocycles. The summed E-state index contributed by atoms with van der Waals surface area (Å²) in [5, 5.41) is 0. The average molecular weight is 190 g/mol. The molecule has 0 aliphatic heterocycles. The third-order valence-electron chi connectivity index (χ3n) is 1.43. The predicted molar refractivity (Wildman–Crippen MR) is 50.3 cm³/mol. The highest BCUT2D eigenvalue weighted by molar-refractivity contribution is 5.72. The van der Waals surface area contributed by atoms with E-state index >= 15 is 0 Å². The number of hydrogen-bond donors (Lipinski definition) is 0. The Balaban J connectivity index is 2.64. The number of nitrogens with zero attached hydrogens (tertiary/aromatic N) is 2. The summed E-state index contributed by atoms with van der Waals surface area (Å²) >= 11 is 0. The van der Waals surface area contributed by atoms with Crippen LogP contribution in [0.1, 0.15) is 17.8 Å². The van der Waals surface area contributed by atoms with E-state index < -0.39 is 0 Å². The molecule has 0 amide bonds. The van der Waals surface area contributed by atoms with Crippen molar-refractivity contribution in [2.24, 2.45) is 0 Å². The smallest absolute Gasteiger partial charge is 0.317 e. The highest BCUT2D eigenvalue weighted by Crippen LogP contribution is 1.92. The van der Waals surface area contributed by atoms with E-state index in [1.165, 1.54) is 7.11 Å². The van der Waals surface area contributed by atoms with Gasteiger partial charge in [0, 0.05) is 6.20 Å². The predicted octanol–water partition coefficient (Wildman–Crippen LogP) is 0.700. The third-order valence-corrected chi connectivity index (χ3v) is 1.43. The first-order valence-corrected chi connectivity index (χ1v) is 4.06. The van der Waals surface area contributed by atoms with Crippen LogP contribution in [0, 0.1) is 18.8 Å². The van der Waals surface area contributed by atoms with Crippen LogP contribution in [-0.4, -0.2) is 23.0 Å². The topological polar surface area (TPSA) is 52.1 Å². The zero-order valence-electron chi connectivity index (χ0n) is 8.07. The number of aromatic nitrogens is 2. The molecule has 0 saturated carbocycles. The Kier molecular flexibility index (Phi) is 3.62. The summed E-state index contributed by atoms with van der Waals surface area (Å²) in [6.07, 6.45) is 3.27. The number of rotatable bonds is 1. The molecule has 0 aliphatic rings. The zero-order chi connectivity index (χ0) is 10.4. The lowest BCUT2D eigenvalue weighted by Gasteiger charge is -1.91. The summed E-state index contributed by atoms with van der Waals surface area (Å²) in [5.74, 6) is 5.03. The summed E-state index contributed by atoms with van der Waals surface area (Å²) in [6.45, 7) is 1.83. The highest BCUT2D eigenvalue weighted by Gasteiger charge is 1.94. The number of carbonyl (C=O) groups is 1. The molecule has 4 heteroatoms. The van der Waals surface area contributed by atoms with E-state index in [1.54, 1.807) is 12.4 Å². The van der Waals surface area contributed by atoms with Gasteiger partial charge in [0.1, 0.15) is 12.1 Å². The van der Waals surface area contributed by atoms with Gasteiger partial charge in [-0.2, -0.15) is 0 Å². The second kappa shape index (κ2) is 4.97. The minimum Gasteiger partial charge on any atom is -0.468 e. The molecule has 1 aromatic rings. The minimum absolute atomic E-state index is 0.0755. The Labute approximate surface area is 82.3 Å². The fourth-order valence-electron chi connectivity index (χ4n) is 0.803. The number of methoxy groups -OCH3 is 1. The molecule has 0 atom stereocenters. The zero-order valence-corrected chi connectivity index (χ0v) is 8.07. The SMILES string of the molecule is COC(=O)CC#Cc1cncc(C)n1. The van der Waals surface area contributed by atoms with Crippen LogP contribution >= 0.6 is 0 Å². The Morgan fingerprint density at radius 3 is 3.00 bits per heavy atom. The molecular formula is C10H10N2O2. The van der Waals surface area contributed by atoms with Crippen LogP contribution in [0.25, 0.3) is 0 Å². The molecule has 0 fully saturated rings. The first-order valence-electron chi connectivity index (χ1n) is 4.06. The molecule has 0 aromatic carbocycles. The molecule has 0 bridgehead atoms. The summed E-state index contributed by atoms with van der Waals surface area (Å²) in [6, 6.07) is 0. The van der Waals surface area contributed by atoms with Gasteiger partial charge in [0.25, 0.3) is 0 Å². The van der Waals surface area contributed by atoms with Gasteiger partial charge in [-0.3, -0.25) is 9.78 Å². The summed E-state index contributed by atoms with van der Waals surface area (Å²) in [7, 11) is 1.33. The van der Waals surface area contributed by atoms with Crippen LogP contribution in [0.15, 0.2) is 12.4 Å². The van der Waals surface area contributed by atoms with Crippen molar-refractivity contribution in [2.45, 2.75) is 13.3 Å². The van der Waals surface area contributed by atoms with Gasteiger partial charge < -0.3 is 4.74 Å². The first kappa shape index (κ1) is 10.2. The molecule has 4 nitrogen and oxygen atoms in total. The fourth-order valence-corrected chi connectivity index (χ4v) is 0.803. The summed E-state index contributed by atoms with van der Waals surface area (Å²) < 4.78 is 4.43. The van der Waals surface area contributed by atoms with E-state index in [2.05, 4.69) is 26.5 Å². The van der Waals surface area contributed by atoms with Crippen molar-refractivity contribution in [3.05, 3.63) is 23.8 Å². The molecule has 0 spiro atoms. The summed E-state index contributed by atoms with van der Waals surface area (Å²) in [5.41, 5.74) is 1.36. The Morgan fingerprint density at radius 2 is 2.36 bits per heavy atom. The Morgan fingerprint density at radius 1 is 1.57 bits per heavy atom. The maximum Gasteiger partial charge on any atom is 0.317 e. The molecule has 0 saturated heterocycles. The van der Waals surface area contributed by atoms with Gasteiger partial charge in [0.05, 0.1) is 19.0 Å². The lowest BCUT2D eigenvalue weighted by Crippen LogP contribution is -1.97. The van der Waals surface area contributed by atoms with Gasteiger partial charge >= 0.3 is 5.97 Å². The normalized spacial score (nSPS) is 8.71. The lowest BCUT2D eigenvalue weighted by molar-refractivity contribution is -0.139. The van der Waals surface area contributed by atoms with Gasteiger partial charge in [-0.1, -0.05) is 5.92 Å². The maximum absolute atomic E-state index is 10.7. The fraction of sp³-hybridized carbons (Fsp3) is 0.300. The first-order chi connectivity index (χ1) is 6.72. The van der Waals surface area contributed by atoms with Crippen molar-refractivity contribution in [1.29, 1.82) is 0 Å². The van der Waals surface area contributed by atoms with Crippen molar-refractivity contribution in [3.8, 4) is 11.8 Å². The van der Waals surface area contributed by atoms with Crippen LogP contribution in [0.4, 0.5) is 0 Å². The standard InChI is InChI=1S/C10H10N2O2/c1-8-6-11-7-9(12-8)4-3-5-10(13)14-2/h6-7H,5H2,1-2H3. The molecule has 14 heavy (non-hydrogen) atoms. The second-order valence-electron chi connectivity index (χ2n) is 2.60. The Hall–Kier alpha value is -1.89. The van der Waals surface area contributed by atoms with E-state index in [-0.39, 0.29) is 12.4 Å². The number of aryl methyl sites for hydroxylation is 1. The van der Waals surface area contributed by atoms with Crippen LogP contribution in [0.5, 0.6) is 0 Å². The van der Waals surface area contributed by atoms with E-state index in [0.717, 1.165) is 5.69 Å². The van der Waals surface area contributed by atoms with Gasteiger partial charge in [-0.25, -0.2) is 4.98 Å². The molecule has 1 aromatic heterocycles. The van der Waals surface area contributed by atoms with Crippen molar-refractivity contribution in [2.75, 3.05) is 7.11 Å². The highest BCUT2D eigenvalue weighted by atomic mass is 16.5. The monoisotopic (exact) mass is 190 g/mol. The quantitative estimate of drug-likeness (QED) is 0.483. The van der Waals surface area contributed by atoms with Crippen LogP contribution in [-0.2, 0) is 9.53 Å². The van der Waals surface area contributed by atoms with Gasteiger partial charge in [-0.15, -0.1) is 0 Å². The van der Waals surface area contributed by atoms with Gasteiger partial charge in [0.2, 0.25) is 0 Å². The van der Waals surface area contributed by atoms with Gasteiger partial charge in [0.15, 0.2) is 0 Å². The van der Waals surface area contributed by atoms with E-state index in [1.807, 2.05) is 6.92 Å². The van der Waals surface area contributed by atoms with Crippen LogP contribution in [0.2, 0.25) is 0 Å². The number of ether oxygens (including phenoxy) is 1. The largest absolute Gasteiger partial charge is 0.468 e. The Bertz CT molecular complexity index is 391. The van der Waals surface area contributed by atoms with Crippen molar-refractivity contribution >= 4 is 5.97 Å². The van der Waals surface area contributed by atoms with Crippen molar-refractivity contribution in [3.63, 3.8) is 0 Å². The third kappa shape index (κ3) is 3.23. The molecule has 0 unspecified atom stereocenters. The average Bonchev–Trinajstić information content (AvgIpc) is 2.17. The van der Waals surface area contributed by atoms with Crippen LogP contribution in [0.3, 0.4) is 0 Å². The van der Waals surface area contributed by atoms with E-state index in [9.17, 15) is 4.79 Å². The molecule has 1 heterocycles. The van der Waals surface area contributed by atoms with Crippen molar-refractivity contribution < 1.29 is 9.53 Å². The van der Waals surface area contributed by atoms with E-state index in [4.69, 9.17) is 0 Å². The van der Waals surface area contributed by atoms with Crippen LogP contribution < -0.4 is 0 Å². The summed E-state index contributed by atoms with van der Waals surface area (Å²) in [4.78, 5) is 18.7. The number of carbonyl (C=O) groups excluding carboxylic acids is 1. The molecule has 0 radical (unpaired) electrons. The van der Waals surface area contributed by atoms with Crippen molar-refractivity contribution in [1.82, 2.24) is 9.97 Å². The number of hydrogen-bond acceptors (Lipinski definition) is 4. The second-order valence-corrected chi connectivity index (χ2v) is 2.60. The number of esters is 1. The minimum atomic E-state index is -0.349. The molecule has 0 N–H and O–H groups in total.